The molecule has 0 aliphatic heterocycles. The minimum atomic E-state index is -0.456. The highest BCUT2D eigenvalue weighted by molar-refractivity contribution is 7.25. The highest BCUT2D eigenvalue weighted by atomic mass is 32.1. The maximum absolute atomic E-state index is 12.1. The van der Waals surface area contributed by atoms with Gasteiger partial charge in [0.25, 0.3) is 5.56 Å². The topological polar surface area (TPSA) is 78.6 Å². The summed E-state index contributed by atoms with van der Waals surface area (Å²) in [5.41, 5.74) is 1.31. The lowest BCUT2D eigenvalue weighted by molar-refractivity contribution is -0.00704. The Morgan fingerprint density at radius 2 is 1.68 bits per heavy atom. The van der Waals surface area contributed by atoms with Gasteiger partial charge in [-0.2, -0.15) is 0 Å². The summed E-state index contributed by atoms with van der Waals surface area (Å²) < 4.78 is 0.560. The Kier molecular flexibility index (Phi) is 2.63. The number of rotatable bonds is 1. The van der Waals surface area contributed by atoms with E-state index in [4.69, 9.17) is 4.98 Å². The van der Waals surface area contributed by atoms with Crippen LogP contribution in [0, 0.1) is 17.8 Å². The molecule has 0 atom stereocenters. The third kappa shape index (κ3) is 1.91. The number of hydrogen-bond donors (Lipinski definition) is 2. The molecule has 0 aromatic carbocycles. The number of nitrogens with zero attached hydrogens (tertiary/aromatic N) is 1. The molecule has 128 valence electrons. The first-order valence-electron chi connectivity index (χ1n) is 9.16. The molecule has 4 saturated carbocycles. The SMILES string of the molecule is O=c1[nH]c(=O)c2sc3nc(C45CC6CC(CC(C6)C4)C5)ccc3c2[nH]1. The molecule has 6 heteroatoms. The fourth-order valence-electron chi connectivity index (χ4n) is 6.29. The van der Waals surface area contributed by atoms with E-state index in [9.17, 15) is 9.59 Å². The van der Waals surface area contributed by atoms with Gasteiger partial charge in [-0.1, -0.05) is 0 Å². The summed E-state index contributed by atoms with van der Waals surface area (Å²) in [5.74, 6) is 2.64. The third-order valence-corrected chi connectivity index (χ3v) is 7.91. The van der Waals surface area contributed by atoms with Crippen molar-refractivity contribution in [3.05, 3.63) is 38.7 Å². The second-order valence-corrected chi connectivity index (χ2v) is 9.46. The Labute approximate surface area is 147 Å². The van der Waals surface area contributed by atoms with Crippen molar-refractivity contribution in [2.75, 3.05) is 0 Å². The van der Waals surface area contributed by atoms with E-state index in [0.29, 0.717) is 10.2 Å². The molecule has 5 nitrogen and oxygen atoms in total. The molecule has 0 spiro atoms. The van der Waals surface area contributed by atoms with Gasteiger partial charge in [-0.05, 0) is 68.4 Å². The van der Waals surface area contributed by atoms with Crippen LogP contribution < -0.4 is 11.2 Å². The highest BCUT2D eigenvalue weighted by Gasteiger charge is 2.52. The predicted octanol–water partition coefficient (Wildman–Crippen LogP) is 3.29. The van der Waals surface area contributed by atoms with Gasteiger partial charge in [0.2, 0.25) is 0 Å². The fourth-order valence-corrected chi connectivity index (χ4v) is 7.31. The normalized spacial score (nSPS) is 33.5. The van der Waals surface area contributed by atoms with Crippen LogP contribution in [0.25, 0.3) is 20.4 Å². The molecule has 3 heterocycles. The minimum absolute atomic E-state index is 0.249. The van der Waals surface area contributed by atoms with Gasteiger partial charge >= 0.3 is 5.69 Å². The number of pyridine rings is 1. The molecular formula is C19H19N3O2S. The molecule has 3 aromatic rings. The first-order valence-corrected chi connectivity index (χ1v) is 9.98. The van der Waals surface area contributed by atoms with Crippen LogP contribution in [0.3, 0.4) is 0 Å². The van der Waals surface area contributed by atoms with Gasteiger partial charge in [0, 0.05) is 16.5 Å². The van der Waals surface area contributed by atoms with Gasteiger partial charge < -0.3 is 4.98 Å². The Morgan fingerprint density at radius 1 is 1.00 bits per heavy atom. The third-order valence-electron chi connectivity index (χ3n) is 6.81. The van der Waals surface area contributed by atoms with Crippen molar-refractivity contribution in [1.29, 1.82) is 0 Å². The Hall–Kier alpha value is -1.95. The average Bonchev–Trinajstić information content (AvgIpc) is 2.92. The number of aromatic amines is 2. The van der Waals surface area contributed by atoms with Crippen molar-refractivity contribution in [2.24, 2.45) is 17.8 Å². The zero-order chi connectivity index (χ0) is 16.8. The highest BCUT2D eigenvalue weighted by Crippen LogP contribution is 2.60. The monoisotopic (exact) mass is 353 g/mol. The Bertz CT molecular complexity index is 1100. The molecule has 4 aliphatic rings. The molecule has 25 heavy (non-hydrogen) atoms. The van der Waals surface area contributed by atoms with E-state index in [-0.39, 0.29) is 11.0 Å². The maximum atomic E-state index is 12.1. The number of H-pyrrole nitrogens is 2. The first kappa shape index (κ1) is 14.2. The standard InChI is InChI=1S/C19H19N3O2S/c23-16-15-14(21-18(24)22-16)12-1-2-13(20-17(12)25-15)19-6-9-3-10(7-19)5-11(4-9)8-19/h1-2,9-11H,3-8H2,(H2,21,22,23,24). The molecule has 3 aromatic heterocycles. The molecule has 0 saturated heterocycles. The Balaban J connectivity index is 1.55. The van der Waals surface area contributed by atoms with Crippen LogP contribution in [-0.2, 0) is 5.41 Å². The zero-order valence-electron chi connectivity index (χ0n) is 13.8. The molecule has 0 radical (unpaired) electrons. The summed E-state index contributed by atoms with van der Waals surface area (Å²) in [6.45, 7) is 0. The van der Waals surface area contributed by atoms with Crippen molar-refractivity contribution in [2.45, 2.75) is 43.9 Å². The van der Waals surface area contributed by atoms with Crippen LogP contribution in [0.4, 0.5) is 0 Å². The van der Waals surface area contributed by atoms with Gasteiger partial charge in [-0.3, -0.25) is 9.78 Å². The van der Waals surface area contributed by atoms with Crippen molar-refractivity contribution in [3.63, 3.8) is 0 Å². The summed E-state index contributed by atoms with van der Waals surface area (Å²) >= 11 is 1.39. The molecule has 0 unspecified atom stereocenters. The van der Waals surface area contributed by atoms with Crippen LogP contribution in [0.15, 0.2) is 21.7 Å². The number of thiophene rings is 1. The van der Waals surface area contributed by atoms with E-state index >= 15 is 0 Å². The second-order valence-electron chi connectivity index (χ2n) is 8.46. The molecule has 4 fully saturated rings. The number of hydrogen-bond acceptors (Lipinski definition) is 4. The van der Waals surface area contributed by atoms with Crippen molar-refractivity contribution in [1.82, 2.24) is 15.0 Å². The molecule has 7 rings (SSSR count). The van der Waals surface area contributed by atoms with Crippen LogP contribution in [0.2, 0.25) is 0 Å². The summed E-state index contributed by atoms with van der Waals surface area (Å²) in [6, 6.07) is 4.21. The van der Waals surface area contributed by atoms with Crippen LogP contribution >= 0.6 is 11.3 Å². The maximum Gasteiger partial charge on any atom is 0.326 e. The Morgan fingerprint density at radius 3 is 2.36 bits per heavy atom. The number of aromatic nitrogens is 3. The molecule has 2 N–H and O–H groups in total. The fraction of sp³-hybridized carbons (Fsp3) is 0.526. The van der Waals surface area contributed by atoms with Gasteiger partial charge in [0.15, 0.2) is 0 Å². The van der Waals surface area contributed by atoms with Crippen LogP contribution in [0.1, 0.15) is 44.2 Å². The van der Waals surface area contributed by atoms with Crippen molar-refractivity contribution >= 4 is 31.8 Å². The largest absolute Gasteiger partial charge is 0.326 e. The summed E-state index contributed by atoms with van der Waals surface area (Å²) in [4.78, 5) is 34.7. The van der Waals surface area contributed by atoms with Gasteiger partial charge in [-0.15, -0.1) is 11.3 Å². The molecule has 0 amide bonds. The van der Waals surface area contributed by atoms with Gasteiger partial charge in [0.1, 0.15) is 9.53 Å². The average molecular weight is 353 g/mol. The minimum Gasteiger partial charge on any atom is -0.305 e. The van der Waals surface area contributed by atoms with E-state index in [2.05, 4.69) is 22.1 Å². The van der Waals surface area contributed by atoms with E-state index in [1.54, 1.807) is 0 Å². The number of fused-ring (bicyclic) bond motifs is 3. The summed E-state index contributed by atoms with van der Waals surface area (Å²) in [5, 5.41) is 0.886. The lowest BCUT2D eigenvalue weighted by atomic mass is 9.49. The zero-order valence-corrected chi connectivity index (χ0v) is 14.6. The van der Waals surface area contributed by atoms with Gasteiger partial charge in [0.05, 0.1) is 5.52 Å². The van der Waals surface area contributed by atoms with Crippen molar-refractivity contribution in [3.8, 4) is 0 Å². The molecule has 4 aliphatic carbocycles. The molecular weight excluding hydrogens is 334 g/mol. The van der Waals surface area contributed by atoms with Gasteiger partial charge in [-0.25, -0.2) is 9.78 Å². The smallest absolute Gasteiger partial charge is 0.305 e. The van der Waals surface area contributed by atoms with Crippen LogP contribution in [-0.4, -0.2) is 15.0 Å². The van der Waals surface area contributed by atoms with E-state index < -0.39 is 5.69 Å². The lowest BCUT2D eigenvalue weighted by Crippen LogP contribution is -2.48. The predicted molar refractivity (Wildman–Crippen MR) is 98.2 cm³/mol. The van der Waals surface area contributed by atoms with Crippen LogP contribution in [0.5, 0.6) is 0 Å². The number of nitrogens with one attached hydrogen (secondary N) is 2. The summed E-state index contributed by atoms with van der Waals surface area (Å²) in [6.07, 6.45) is 8.09. The summed E-state index contributed by atoms with van der Waals surface area (Å²) in [7, 11) is 0. The van der Waals surface area contributed by atoms with Crippen molar-refractivity contribution < 1.29 is 0 Å². The van der Waals surface area contributed by atoms with E-state index in [1.807, 2.05) is 0 Å². The van der Waals surface area contributed by atoms with E-state index in [1.165, 1.54) is 55.6 Å². The quantitative estimate of drug-likeness (QED) is 0.704. The molecule has 4 bridgehead atoms. The lowest BCUT2D eigenvalue weighted by Gasteiger charge is -2.56. The second kappa shape index (κ2) is 4.61. The first-order chi connectivity index (χ1) is 12.1. The van der Waals surface area contributed by atoms with E-state index in [0.717, 1.165) is 28.0 Å².